The molecule has 2 aromatic carbocycles. The summed E-state index contributed by atoms with van der Waals surface area (Å²) in [6.07, 6.45) is 0.682. The molecule has 0 saturated heterocycles. The Morgan fingerprint density at radius 2 is 1.84 bits per heavy atom. The number of hydrogen-bond acceptors (Lipinski definition) is 4. The lowest BCUT2D eigenvalue weighted by atomic mass is 10.2. The molecule has 0 aromatic heterocycles. The summed E-state index contributed by atoms with van der Waals surface area (Å²) in [6, 6.07) is 10.2. The fraction of sp³-hybridized carbons (Fsp3) is 0. The second-order valence-corrected chi connectivity index (χ2v) is 4.07. The molecule has 6 heteroatoms. The molecule has 0 aliphatic carbocycles. The number of halogens is 1. The van der Waals surface area contributed by atoms with Gasteiger partial charge in [0, 0.05) is 17.7 Å². The highest BCUT2D eigenvalue weighted by atomic mass is 35.5. The first-order valence-corrected chi connectivity index (χ1v) is 5.65. The van der Waals surface area contributed by atoms with E-state index in [2.05, 4.69) is 0 Å². The maximum atomic E-state index is 10.6. The molecule has 0 spiro atoms. The molecule has 0 fully saturated rings. The van der Waals surface area contributed by atoms with Gasteiger partial charge < -0.3 is 4.74 Å². The van der Waals surface area contributed by atoms with E-state index in [4.69, 9.17) is 16.3 Å². The van der Waals surface area contributed by atoms with Gasteiger partial charge in [-0.25, -0.2) is 0 Å². The molecule has 5 nitrogen and oxygen atoms in total. The van der Waals surface area contributed by atoms with Gasteiger partial charge in [-0.2, -0.15) is 0 Å². The third-order valence-electron chi connectivity index (χ3n) is 2.37. The van der Waals surface area contributed by atoms with Crippen molar-refractivity contribution in [1.82, 2.24) is 0 Å². The Labute approximate surface area is 113 Å². The van der Waals surface area contributed by atoms with E-state index in [1.807, 2.05) is 0 Å². The maximum Gasteiger partial charge on any atom is 0.269 e. The van der Waals surface area contributed by atoms with Crippen molar-refractivity contribution in [2.24, 2.45) is 0 Å². The summed E-state index contributed by atoms with van der Waals surface area (Å²) in [6.45, 7) is 0. The van der Waals surface area contributed by atoms with Crippen LogP contribution in [0.1, 0.15) is 10.4 Å². The lowest BCUT2D eigenvalue weighted by Gasteiger charge is -2.07. The van der Waals surface area contributed by atoms with Crippen molar-refractivity contribution in [3.63, 3.8) is 0 Å². The Kier molecular flexibility index (Phi) is 3.77. The van der Waals surface area contributed by atoms with E-state index in [0.29, 0.717) is 28.4 Å². The van der Waals surface area contributed by atoms with Gasteiger partial charge in [0.15, 0.2) is 0 Å². The van der Waals surface area contributed by atoms with E-state index in [1.54, 1.807) is 12.1 Å². The zero-order valence-corrected chi connectivity index (χ0v) is 10.3. The Bertz CT molecular complexity index is 625. The molecule has 0 atom stereocenters. The van der Waals surface area contributed by atoms with Gasteiger partial charge in [0.05, 0.1) is 9.95 Å². The van der Waals surface area contributed by atoms with E-state index < -0.39 is 4.92 Å². The quantitative estimate of drug-likeness (QED) is 0.483. The van der Waals surface area contributed by atoms with Crippen LogP contribution in [0.2, 0.25) is 5.02 Å². The van der Waals surface area contributed by atoms with E-state index in [-0.39, 0.29) is 5.69 Å². The second kappa shape index (κ2) is 5.49. The van der Waals surface area contributed by atoms with Crippen LogP contribution in [0.4, 0.5) is 5.69 Å². The third kappa shape index (κ3) is 3.08. The zero-order valence-electron chi connectivity index (χ0n) is 9.58. The molecule has 0 radical (unpaired) electrons. The van der Waals surface area contributed by atoms with Crippen LogP contribution in [0.5, 0.6) is 11.5 Å². The minimum Gasteiger partial charge on any atom is -0.456 e. The van der Waals surface area contributed by atoms with Crippen LogP contribution < -0.4 is 4.74 Å². The van der Waals surface area contributed by atoms with Crippen molar-refractivity contribution in [2.45, 2.75) is 0 Å². The number of ether oxygens (including phenoxy) is 1. The largest absolute Gasteiger partial charge is 0.456 e. The first kappa shape index (κ1) is 13.0. The van der Waals surface area contributed by atoms with Gasteiger partial charge in [-0.1, -0.05) is 11.6 Å². The number of nitro groups is 1. The van der Waals surface area contributed by atoms with Gasteiger partial charge >= 0.3 is 0 Å². The van der Waals surface area contributed by atoms with E-state index >= 15 is 0 Å². The predicted octanol–water partition coefficient (Wildman–Crippen LogP) is 3.85. The summed E-state index contributed by atoms with van der Waals surface area (Å²) < 4.78 is 5.47. The van der Waals surface area contributed by atoms with Gasteiger partial charge in [-0.15, -0.1) is 0 Å². The number of carbonyl (C=O) groups excluding carboxylic acids is 1. The van der Waals surface area contributed by atoms with E-state index in [9.17, 15) is 14.9 Å². The lowest BCUT2D eigenvalue weighted by molar-refractivity contribution is -0.384. The number of nitro benzene ring substituents is 1. The topological polar surface area (TPSA) is 69.4 Å². The highest BCUT2D eigenvalue weighted by Gasteiger charge is 2.07. The Hall–Kier alpha value is -2.40. The molecular weight excluding hydrogens is 270 g/mol. The summed E-state index contributed by atoms with van der Waals surface area (Å²) in [5, 5.41) is 10.8. The summed E-state index contributed by atoms with van der Waals surface area (Å²) in [5.74, 6) is 0.799. The number of benzene rings is 2. The van der Waals surface area contributed by atoms with E-state index in [0.717, 1.165) is 0 Å². The lowest BCUT2D eigenvalue weighted by Crippen LogP contribution is -1.89. The molecule has 96 valence electrons. The summed E-state index contributed by atoms with van der Waals surface area (Å²) in [5.41, 5.74) is 0.427. The summed E-state index contributed by atoms with van der Waals surface area (Å²) >= 11 is 5.95. The highest BCUT2D eigenvalue weighted by molar-refractivity contribution is 6.32. The van der Waals surface area contributed by atoms with Crippen molar-refractivity contribution in [2.75, 3.05) is 0 Å². The molecule has 0 amide bonds. The van der Waals surface area contributed by atoms with Crippen LogP contribution >= 0.6 is 11.6 Å². The van der Waals surface area contributed by atoms with Crippen LogP contribution in [-0.4, -0.2) is 11.2 Å². The maximum absolute atomic E-state index is 10.6. The standard InChI is InChI=1S/C13H8ClNO4/c14-12-7-9(8-16)1-6-13(12)19-11-4-2-10(3-5-11)15(17)18/h1-8H. The monoisotopic (exact) mass is 277 g/mol. The molecule has 0 bridgehead atoms. The van der Waals surface area contributed by atoms with Gasteiger partial charge in [0.2, 0.25) is 0 Å². The van der Waals surface area contributed by atoms with Crippen LogP contribution in [0.25, 0.3) is 0 Å². The number of hydrogen-bond donors (Lipinski definition) is 0. The molecule has 19 heavy (non-hydrogen) atoms. The van der Waals surface area contributed by atoms with Crippen molar-refractivity contribution < 1.29 is 14.5 Å². The molecule has 2 aromatic rings. The van der Waals surface area contributed by atoms with E-state index in [1.165, 1.54) is 30.3 Å². The van der Waals surface area contributed by atoms with Crippen LogP contribution in [0, 0.1) is 10.1 Å². The first-order valence-electron chi connectivity index (χ1n) is 5.27. The zero-order chi connectivity index (χ0) is 13.8. The highest BCUT2D eigenvalue weighted by Crippen LogP contribution is 2.30. The molecule has 0 aliphatic rings. The summed E-state index contributed by atoms with van der Waals surface area (Å²) in [4.78, 5) is 20.6. The first-order chi connectivity index (χ1) is 9.10. The fourth-order valence-electron chi connectivity index (χ4n) is 1.44. The average Bonchev–Trinajstić information content (AvgIpc) is 2.41. The molecule has 0 heterocycles. The van der Waals surface area contributed by atoms with Crippen molar-refractivity contribution in [1.29, 1.82) is 0 Å². The van der Waals surface area contributed by atoms with Crippen LogP contribution in [-0.2, 0) is 0 Å². The second-order valence-electron chi connectivity index (χ2n) is 3.66. The Balaban J connectivity index is 2.21. The molecule has 0 N–H and O–H groups in total. The third-order valence-corrected chi connectivity index (χ3v) is 2.66. The van der Waals surface area contributed by atoms with Gasteiger partial charge in [0.25, 0.3) is 5.69 Å². The summed E-state index contributed by atoms with van der Waals surface area (Å²) in [7, 11) is 0. The minimum atomic E-state index is -0.490. The number of carbonyl (C=O) groups is 1. The van der Waals surface area contributed by atoms with Crippen molar-refractivity contribution >= 4 is 23.6 Å². The van der Waals surface area contributed by atoms with Crippen molar-refractivity contribution in [3.8, 4) is 11.5 Å². The predicted molar refractivity (Wildman–Crippen MR) is 70.0 cm³/mol. The van der Waals surface area contributed by atoms with Gasteiger partial charge in [-0.3, -0.25) is 14.9 Å². The fourth-order valence-corrected chi connectivity index (χ4v) is 1.66. The van der Waals surface area contributed by atoms with Gasteiger partial charge in [0.1, 0.15) is 17.8 Å². The number of rotatable bonds is 4. The number of non-ortho nitro benzene ring substituents is 1. The van der Waals surface area contributed by atoms with Crippen LogP contribution in [0.15, 0.2) is 42.5 Å². The SMILES string of the molecule is O=Cc1ccc(Oc2ccc([N+](=O)[O-])cc2)c(Cl)c1. The normalized spacial score (nSPS) is 9.95. The number of nitrogens with zero attached hydrogens (tertiary/aromatic N) is 1. The van der Waals surface area contributed by atoms with Crippen LogP contribution in [0.3, 0.4) is 0 Å². The molecule has 0 saturated carbocycles. The van der Waals surface area contributed by atoms with Gasteiger partial charge in [-0.05, 0) is 30.3 Å². The molecule has 0 aliphatic heterocycles. The smallest absolute Gasteiger partial charge is 0.269 e. The molecule has 0 unspecified atom stereocenters. The molecular formula is C13H8ClNO4. The minimum absolute atomic E-state index is 0.0188. The average molecular weight is 278 g/mol. The Morgan fingerprint density at radius 3 is 2.37 bits per heavy atom. The van der Waals surface area contributed by atoms with Crippen molar-refractivity contribution in [3.05, 3.63) is 63.2 Å². The number of aldehydes is 1. The molecule has 2 rings (SSSR count). The Morgan fingerprint density at radius 1 is 1.16 bits per heavy atom.